The van der Waals surface area contributed by atoms with Gasteiger partial charge in [0.25, 0.3) is 0 Å². The monoisotopic (exact) mass is 350 g/mol. The summed E-state index contributed by atoms with van der Waals surface area (Å²) in [5.74, 6) is 5.99. The van der Waals surface area contributed by atoms with E-state index < -0.39 is 17.7 Å². The number of rotatable bonds is 4. The van der Waals surface area contributed by atoms with Gasteiger partial charge < -0.3 is 20.5 Å². The number of aldehydes is 1. The number of aromatic nitrogens is 2. The molecular formula is C16H19ClN4O3. The Balaban J connectivity index is 2.26. The molecule has 1 heterocycles. The minimum atomic E-state index is -1.15. The molecule has 0 bridgehead atoms. The smallest absolute Gasteiger partial charge is 0.405 e. The first kappa shape index (κ1) is 18.0. The Bertz CT molecular complexity index is 678. The van der Waals surface area contributed by atoms with Crippen LogP contribution >= 0.6 is 11.6 Å². The van der Waals surface area contributed by atoms with E-state index in [2.05, 4.69) is 32.4 Å². The first-order valence-electron chi connectivity index (χ1n) is 7.72. The van der Waals surface area contributed by atoms with Crippen LogP contribution in [-0.4, -0.2) is 39.0 Å². The molecule has 1 atom stereocenters. The average Bonchev–Trinajstić information content (AvgIpc) is 2.54. The topological polar surface area (TPSA) is 104 Å². The summed E-state index contributed by atoms with van der Waals surface area (Å²) in [5.41, 5.74) is -0.206. The van der Waals surface area contributed by atoms with Crippen LogP contribution in [0.5, 0.6) is 0 Å². The predicted molar refractivity (Wildman–Crippen MR) is 90.0 cm³/mol. The van der Waals surface area contributed by atoms with Gasteiger partial charge >= 0.3 is 6.09 Å². The zero-order chi connectivity index (χ0) is 17.6. The van der Waals surface area contributed by atoms with E-state index in [9.17, 15) is 9.59 Å². The summed E-state index contributed by atoms with van der Waals surface area (Å²) in [4.78, 5) is 30.3. The molecule has 0 aliphatic heterocycles. The van der Waals surface area contributed by atoms with Crippen molar-refractivity contribution >= 4 is 29.8 Å². The fraction of sp³-hybridized carbons (Fsp3) is 0.500. The van der Waals surface area contributed by atoms with E-state index in [0.29, 0.717) is 11.4 Å². The van der Waals surface area contributed by atoms with Gasteiger partial charge in [0, 0.05) is 6.20 Å². The lowest BCUT2D eigenvalue weighted by Gasteiger charge is -2.33. The van der Waals surface area contributed by atoms with Crippen molar-refractivity contribution in [3.05, 3.63) is 17.0 Å². The maximum Gasteiger partial charge on any atom is 0.405 e. The lowest BCUT2D eigenvalue weighted by molar-refractivity contribution is -0.112. The Morgan fingerprint density at radius 2 is 2.17 bits per heavy atom. The average molecular weight is 351 g/mol. The Morgan fingerprint density at radius 3 is 2.79 bits per heavy atom. The van der Waals surface area contributed by atoms with Gasteiger partial charge in [-0.3, -0.25) is 0 Å². The van der Waals surface area contributed by atoms with Crippen molar-refractivity contribution < 1.29 is 14.7 Å². The summed E-state index contributed by atoms with van der Waals surface area (Å²) in [6.07, 6.45) is 5.71. The summed E-state index contributed by atoms with van der Waals surface area (Å²) in [6.45, 7) is 1.62. The van der Waals surface area contributed by atoms with Crippen molar-refractivity contribution in [2.45, 2.75) is 50.6 Å². The zero-order valence-corrected chi connectivity index (χ0v) is 14.1. The van der Waals surface area contributed by atoms with E-state index in [-0.39, 0.29) is 5.28 Å². The molecule has 1 fully saturated rings. The molecule has 7 nitrogen and oxygen atoms in total. The van der Waals surface area contributed by atoms with Gasteiger partial charge in [0.2, 0.25) is 5.28 Å². The molecule has 1 aromatic heterocycles. The van der Waals surface area contributed by atoms with E-state index in [4.69, 9.17) is 16.7 Å². The van der Waals surface area contributed by atoms with Gasteiger partial charge in [0.05, 0.1) is 17.1 Å². The Labute approximate surface area is 145 Å². The van der Waals surface area contributed by atoms with Gasteiger partial charge in [0.1, 0.15) is 12.1 Å². The quantitative estimate of drug-likeness (QED) is 0.437. The number of anilines is 1. The van der Waals surface area contributed by atoms with Gasteiger partial charge in [-0.1, -0.05) is 31.1 Å². The van der Waals surface area contributed by atoms with Crippen LogP contribution in [0.15, 0.2) is 6.20 Å². The molecule has 0 unspecified atom stereocenters. The SMILES string of the molecule is C[C@H](C#Cc1cnc(Cl)nc1NC1(C=O)CCCCC1)NC(=O)O. The number of carbonyl (C=O) groups excluding carboxylic acids is 1. The predicted octanol–water partition coefficient (Wildman–Crippen LogP) is 2.45. The van der Waals surface area contributed by atoms with E-state index >= 15 is 0 Å². The highest BCUT2D eigenvalue weighted by atomic mass is 35.5. The van der Waals surface area contributed by atoms with Crippen LogP contribution in [0.2, 0.25) is 5.28 Å². The van der Waals surface area contributed by atoms with E-state index in [1.807, 2.05) is 0 Å². The molecule has 0 aromatic carbocycles. The number of halogens is 1. The van der Waals surface area contributed by atoms with Crippen molar-refractivity contribution in [1.29, 1.82) is 0 Å². The van der Waals surface area contributed by atoms with Gasteiger partial charge in [-0.2, -0.15) is 4.98 Å². The third kappa shape index (κ3) is 4.83. The number of nitrogens with zero attached hydrogens (tertiary/aromatic N) is 2. The molecule has 1 aliphatic carbocycles. The highest BCUT2D eigenvalue weighted by molar-refractivity contribution is 6.28. The van der Waals surface area contributed by atoms with Crippen molar-refractivity contribution in [3.8, 4) is 11.8 Å². The largest absolute Gasteiger partial charge is 0.465 e. The van der Waals surface area contributed by atoms with Crippen LogP contribution in [0.1, 0.15) is 44.6 Å². The van der Waals surface area contributed by atoms with Crippen molar-refractivity contribution in [1.82, 2.24) is 15.3 Å². The van der Waals surface area contributed by atoms with Crippen molar-refractivity contribution in [2.24, 2.45) is 0 Å². The van der Waals surface area contributed by atoms with Crippen LogP contribution in [-0.2, 0) is 4.79 Å². The molecule has 1 amide bonds. The molecule has 128 valence electrons. The number of carboxylic acid groups (broad SMARTS) is 1. The maximum atomic E-state index is 11.6. The molecule has 8 heteroatoms. The van der Waals surface area contributed by atoms with Crippen LogP contribution in [0.25, 0.3) is 0 Å². The van der Waals surface area contributed by atoms with Crippen LogP contribution < -0.4 is 10.6 Å². The molecule has 1 aromatic rings. The highest BCUT2D eigenvalue weighted by Gasteiger charge is 2.32. The molecule has 2 rings (SSSR count). The third-order valence-corrected chi connectivity index (χ3v) is 4.04. The molecule has 24 heavy (non-hydrogen) atoms. The summed E-state index contributed by atoms with van der Waals surface area (Å²) < 4.78 is 0. The lowest BCUT2D eigenvalue weighted by Crippen LogP contribution is -2.42. The second-order valence-electron chi connectivity index (χ2n) is 5.80. The number of hydrogen-bond donors (Lipinski definition) is 3. The minimum absolute atomic E-state index is 0.0524. The van der Waals surface area contributed by atoms with Crippen molar-refractivity contribution in [2.75, 3.05) is 5.32 Å². The molecule has 3 N–H and O–H groups in total. The molecule has 1 saturated carbocycles. The molecular weight excluding hydrogens is 332 g/mol. The van der Waals surface area contributed by atoms with E-state index in [1.165, 1.54) is 6.20 Å². The number of hydrogen-bond acceptors (Lipinski definition) is 5. The summed E-state index contributed by atoms with van der Waals surface area (Å²) in [5, 5.41) is 14.2. The van der Waals surface area contributed by atoms with Crippen LogP contribution in [0, 0.1) is 11.8 Å². The standard InChI is InChI=1S/C16H19ClN4O3/c1-11(19-15(23)24)5-6-12-9-18-14(17)20-13(12)21-16(10-22)7-3-2-4-8-16/h9-11,19H,2-4,7-8H2,1H3,(H,23,24)(H,18,20,21)/t11-/m1/s1. The summed E-state index contributed by atoms with van der Waals surface area (Å²) >= 11 is 5.87. The first-order valence-corrected chi connectivity index (χ1v) is 8.10. The van der Waals surface area contributed by atoms with E-state index in [0.717, 1.165) is 38.4 Å². The van der Waals surface area contributed by atoms with Gasteiger partial charge in [-0.15, -0.1) is 0 Å². The highest BCUT2D eigenvalue weighted by Crippen LogP contribution is 2.30. The fourth-order valence-electron chi connectivity index (χ4n) is 2.65. The van der Waals surface area contributed by atoms with Crippen molar-refractivity contribution in [3.63, 3.8) is 0 Å². The summed E-state index contributed by atoms with van der Waals surface area (Å²) in [7, 11) is 0. The lowest BCUT2D eigenvalue weighted by atomic mass is 9.83. The number of amides is 1. The Hall–Kier alpha value is -2.33. The first-order chi connectivity index (χ1) is 11.4. The normalized spacial score (nSPS) is 17.1. The second kappa shape index (κ2) is 7.97. The summed E-state index contributed by atoms with van der Waals surface area (Å²) in [6, 6.07) is -0.555. The van der Waals surface area contributed by atoms with Gasteiger partial charge in [0.15, 0.2) is 0 Å². The molecule has 1 aliphatic rings. The zero-order valence-electron chi connectivity index (χ0n) is 13.3. The molecule has 0 radical (unpaired) electrons. The minimum Gasteiger partial charge on any atom is -0.465 e. The Kier molecular flexibility index (Phi) is 5.99. The maximum absolute atomic E-state index is 11.6. The number of carbonyl (C=O) groups is 2. The fourth-order valence-corrected chi connectivity index (χ4v) is 2.78. The Morgan fingerprint density at radius 1 is 1.46 bits per heavy atom. The van der Waals surface area contributed by atoms with Gasteiger partial charge in [-0.25, -0.2) is 9.78 Å². The van der Waals surface area contributed by atoms with Crippen LogP contribution in [0.3, 0.4) is 0 Å². The number of nitrogens with one attached hydrogen (secondary N) is 2. The van der Waals surface area contributed by atoms with Crippen LogP contribution in [0.4, 0.5) is 10.6 Å². The van der Waals surface area contributed by atoms with Gasteiger partial charge in [-0.05, 0) is 31.4 Å². The molecule has 0 saturated heterocycles. The third-order valence-electron chi connectivity index (χ3n) is 3.86. The second-order valence-corrected chi connectivity index (χ2v) is 6.14. The molecule has 0 spiro atoms. The van der Waals surface area contributed by atoms with E-state index in [1.54, 1.807) is 6.92 Å².